The van der Waals surface area contributed by atoms with Gasteiger partial charge in [-0.05, 0) is 17.2 Å². The molecule has 0 fully saturated rings. The van der Waals surface area contributed by atoms with E-state index in [4.69, 9.17) is 11.0 Å². The molecule has 0 aliphatic heterocycles. The lowest BCUT2D eigenvalue weighted by Crippen LogP contribution is -2.13. The molecule has 0 spiro atoms. The number of nitrogens with zero attached hydrogens (tertiary/aromatic N) is 1. The zero-order valence-electron chi connectivity index (χ0n) is 9.74. The van der Waals surface area contributed by atoms with Gasteiger partial charge < -0.3 is 10.5 Å². The zero-order chi connectivity index (χ0) is 13.7. The Morgan fingerprint density at radius 1 is 1.50 bits per heavy atom. The number of rotatable bonds is 4. The van der Waals surface area contributed by atoms with Gasteiger partial charge in [-0.1, -0.05) is 6.07 Å². The molecule has 0 amide bonds. The number of esters is 1. The summed E-state index contributed by atoms with van der Waals surface area (Å²) in [5, 5.41) is 8.92. The number of ether oxygens (including phenoxy) is 1. The van der Waals surface area contributed by atoms with E-state index in [-0.39, 0.29) is 35.2 Å². The van der Waals surface area contributed by atoms with Crippen LogP contribution in [0.1, 0.15) is 28.7 Å². The van der Waals surface area contributed by atoms with Crippen molar-refractivity contribution in [2.24, 2.45) is 5.73 Å². The maximum absolute atomic E-state index is 12.8. The molecule has 1 aromatic carbocycles. The van der Waals surface area contributed by atoms with E-state index < -0.39 is 12.4 Å². The number of halogens is 2. The van der Waals surface area contributed by atoms with Gasteiger partial charge in [0, 0.05) is 12.1 Å². The zero-order valence-corrected chi connectivity index (χ0v) is 9.74. The van der Waals surface area contributed by atoms with Crippen LogP contribution in [-0.2, 0) is 22.5 Å². The molecule has 1 aromatic rings. The van der Waals surface area contributed by atoms with Gasteiger partial charge in [0.1, 0.15) is 0 Å². The van der Waals surface area contributed by atoms with Gasteiger partial charge in [0.2, 0.25) is 0 Å². The van der Waals surface area contributed by atoms with Gasteiger partial charge in [-0.3, -0.25) is 4.79 Å². The monoisotopic (exact) mass is 254 g/mol. The van der Waals surface area contributed by atoms with Crippen LogP contribution in [0.4, 0.5) is 8.78 Å². The molecular weight excluding hydrogens is 242 g/mol. The lowest BCUT2D eigenvalue weighted by molar-refractivity contribution is -0.139. The number of nitriles is 1. The Morgan fingerprint density at radius 2 is 2.17 bits per heavy atom. The molecule has 0 aliphatic carbocycles. The van der Waals surface area contributed by atoms with Gasteiger partial charge in [-0.15, -0.1) is 0 Å². The van der Waals surface area contributed by atoms with Gasteiger partial charge in [-0.2, -0.15) is 5.26 Å². The van der Waals surface area contributed by atoms with Crippen LogP contribution in [0.25, 0.3) is 0 Å². The lowest BCUT2D eigenvalue weighted by Gasteiger charge is -2.13. The van der Waals surface area contributed by atoms with Gasteiger partial charge in [0.15, 0.2) is 0 Å². The maximum Gasteiger partial charge on any atom is 0.310 e. The molecule has 2 N–H and O–H groups in total. The minimum atomic E-state index is -2.70. The molecule has 0 aromatic heterocycles. The molecule has 0 radical (unpaired) electrons. The highest BCUT2D eigenvalue weighted by molar-refractivity contribution is 5.74. The highest BCUT2D eigenvalue weighted by Gasteiger charge is 2.20. The van der Waals surface area contributed by atoms with Crippen LogP contribution in [0.5, 0.6) is 0 Å². The van der Waals surface area contributed by atoms with Crippen molar-refractivity contribution in [1.82, 2.24) is 0 Å². The predicted molar refractivity (Wildman–Crippen MR) is 59.7 cm³/mol. The predicted octanol–water partition coefficient (Wildman–Crippen LogP) is 1.67. The van der Waals surface area contributed by atoms with Crippen molar-refractivity contribution >= 4 is 5.97 Å². The van der Waals surface area contributed by atoms with Gasteiger partial charge in [0.25, 0.3) is 6.43 Å². The summed E-state index contributed by atoms with van der Waals surface area (Å²) in [6.45, 7) is -0.165. The summed E-state index contributed by atoms with van der Waals surface area (Å²) in [4.78, 5) is 11.2. The summed E-state index contributed by atoms with van der Waals surface area (Å²) in [6, 6.07) is 4.28. The molecule has 0 saturated heterocycles. The second-order valence-electron chi connectivity index (χ2n) is 3.53. The molecule has 1 rings (SSSR count). The van der Waals surface area contributed by atoms with E-state index in [1.807, 2.05) is 6.07 Å². The Morgan fingerprint density at radius 3 is 2.61 bits per heavy atom. The quantitative estimate of drug-likeness (QED) is 0.829. The van der Waals surface area contributed by atoms with E-state index in [0.717, 1.165) is 6.07 Å². The summed E-state index contributed by atoms with van der Waals surface area (Å²) in [5.74, 6) is -0.604. The number of benzene rings is 1. The van der Waals surface area contributed by atoms with Crippen molar-refractivity contribution in [3.63, 3.8) is 0 Å². The number of carbonyl (C=O) groups excluding carboxylic acids is 1. The lowest BCUT2D eigenvalue weighted by atomic mass is 9.94. The highest BCUT2D eigenvalue weighted by atomic mass is 19.3. The second-order valence-corrected chi connectivity index (χ2v) is 3.53. The molecule has 6 heteroatoms. The first-order valence-electron chi connectivity index (χ1n) is 5.14. The van der Waals surface area contributed by atoms with Crippen LogP contribution < -0.4 is 5.73 Å². The van der Waals surface area contributed by atoms with Crippen molar-refractivity contribution in [3.8, 4) is 6.07 Å². The number of hydrogen-bond acceptors (Lipinski definition) is 4. The molecular formula is C12H12F2N2O2. The Bertz CT molecular complexity index is 496. The molecule has 4 nitrogen and oxygen atoms in total. The van der Waals surface area contributed by atoms with Crippen LogP contribution in [-0.4, -0.2) is 13.1 Å². The van der Waals surface area contributed by atoms with Gasteiger partial charge in [0.05, 0.1) is 25.2 Å². The molecule has 0 unspecified atom stereocenters. The summed E-state index contributed by atoms with van der Waals surface area (Å²) in [6.07, 6.45) is -2.94. The summed E-state index contributed by atoms with van der Waals surface area (Å²) in [5.41, 5.74) is 5.68. The minimum absolute atomic E-state index is 0.134. The van der Waals surface area contributed by atoms with Crippen molar-refractivity contribution in [1.29, 1.82) is 5.26 Å². The third-order valence-electron chi connectivity index (χ3n) is 2.58. The van der Waals surface area contributed by atoms with Crippen molar-refractivity contribution in [3.05, 3.63) is 34.4 Å². The third-order valence-corrected chi connectivity index (χ3v) is 2.58. The Kier molecular flexibility index (Phi) is 4.75. The largest absolute Gasteiger partial charge is 0.469 e. The first-order chi connectivity index (χ1) is 8.54. The Balaban J connectivity index is 3.38. The van der Waals surface area contributed by atoms with Crippen LogP contribution in [0.3, 0.4) is 0 Å². The molecule has 0 aliphatic rings. The second kappa shape index (κ2) is 6.07. The molecule has 96 valence electrons. The van der Waals surface area contributed by atoms with Crippen molar-refractivity contribution < 1.29 is 18.3 Å². The number of hydrogen-bond donors (Lipinski definition) is 1. The van der Waals surface area contributed by atoms with Crippen molar-refractivity contribution in [2.45, 2.75) is 19.4 Å². The number of methoxy groups -OCH3 is 1. The summed E-state index contributed by atoms with van der Waals surface area (Å²) >= 11 is 0. The van der Waals surface area contributed by atoms with Crippen LogP contribution >= 0.6 is 0 Å². The average molecular weight is 254 g/mol. The van der Waals surface area contributed by atoms with Crippen molar-refractivity contribution in [2.75, 3.05) is 7.11 Å². The normalized spacial score (nSPS) is 10.2. The van der Waals surface area contributed by atoms with E-state index in [9.17, 15) is 13.6 Å². The Labute approximate surface area is 103 Å². The first-order valence-corrected chi connectivity index (χ1v) is 5.14. The average Bonchev–Trinajstić information content (AvgIpc) is 2.37. The highest BCUT2D eigenvalue weighted by Crippen LogP contribution is 2.28. The molecule has 0 bridgehead atoms. The van der Waals surface area contributed by atoms with E-state index in [2.05, 4.69) is 4.74 Å². The van der Waals surface area contributed by atoms with E-state index in [1.165, 1.54) is 13.2 Å². The van der Waals surface area contributed by atoms with Gasteiger partial charge in [-0.25, -0.2) is 8.78 Å². The molecule has 0 heterocycles. The SMILES string of the molecule is COC(=O)Cc1c(C#N)ccc(C(F)F)c1CN. The van der Waals surface area contributed by atoms with Crippen LogP contribution in [0.15, 0.2) is 12.1 Å². The summed E-state index contributed by atoms with van der Waals surface area (Å²) < 4.78 is 30.1. The Hall–Kier alpha value is -2.00. The minimum Gasteiger partial charge on any atom is -0.469 e. The van der Waals surface area contributed by atoms with Crippen LogP contribution in [0.2, 0.25) is 0 Å². The standard InChI is InChI=1S/C12H12F2N2O2/c1-18-11(17)4-9-7(5-15)2-3-8(12(13)14)10(9)6-16/h2-3,12H,4,6,16H2,1H3. The maximum atomic E-state index is 12.8. The fourth-order valence-electron chi connectivity index (χ4n) is 1.68. The van der Waals surface area contributed by atoms with E-state index >= 15 is 0 Å². The molecule has 18 heavy (non-hydrogen) atoms. The topological polar surface area (TPSA) is 76.1 Å². The van der Waals surface area contributed by atoms with Gasteiger partial charge >= 0.3 is 5.97 Å². The molecule has 0 atom stereocenters. The third kappa shape index (κ3) is 2.81. The fraction of sp³-hybridized carbons (Fsp3) is 0.333. The smallest absolute Gasteiger partial charge is 0.310 e. The fourth-order valence-corrected chi connectivity index (χ4v) is 1.68. The summed E-state index contributed by atoms with van der Waals surface area (Å²) in [7, 11) is 1.19. The number of carbonyl (C=O) groups is 1. The van der Waals surface area contributed by atoms with E-state index in [1.54, 1.807) is 0 Å². The molecule has 0 saturated carbocycles. The van der Waals surface area contributed by atoms with Crippen LogP contribution in [0, 0.1) is 11.3 Å². The number of alkyl halides is 2. The number of nitrogens with two attached hydrogens (primary N) is 1. The van der Waals surface area contributed by atoms with E-state index in [0.29, 0.717) is 0 Å². The first kappa shape index (κ1) is 14.1.